The molecule has 0 bridgehead atoms. The number of methoxy groups -OCH3 is 1. The van der Waals surface area contributed by atoms with Crippen LogP contribution in [0, 0.1) is 6.92 Å². The quantitative estimate of drug-likeness (QED) is 0.0237. The smallest absolute Gasteiger partial charge is 0.123 e. The second-order valence-corrected chi connectivity index (χ2v) is 27.6. The van der Waals surface area contributed by atoms with Crippen LogP contribution in [0.5, 0.6) is 23.0 Å². The number of anilines is 8. The normalized spacial score (nSPS) is 12.2. The van der Waals surface area contributed by atoms with E-state index in [1.807, 2.05) is 139 Å². The maximum absolute atomic E-state index is 10.4. The molecule has 22 heteroatoms. The highest BCUT2D eigenvalue weighted by atomic mass is 35.5. The van der Waals surface area contributed by atoms with E-state index in [9.17, 15) is 15.3 Å². The maximum Gasteiger partial charge on any atom is 0.123 e. The van der Waals surface area contributed by atoms with Crippen molar-refractivity contribution in [3.05, 3.63) is 249 Å². The van der Waals surface area contributed by atoms with Gasteiger partial charge in [-0.15, -0.1) is 35.6 Å². The zero-order valence-electron chi connectivity index (χ0n) is 58.9. The first-order valence-electron chi connectivity index (χ1n) is 34.2. The first kappa shape index (κ1) is 79.4. The third kappa shape index (κ3) is 21.0. The van der Waals surface area contributed by atoms with E-state index in [-0.39, 0.29) is 29.9 Å². The molecule has 1 aliphatic rings. The van der Waals surface area contributed by atoms with E-state index < -0.39 is 0 Å². The summed E-state index contributed by atoms with van der Waals surface area (Å²) in [7, 11) is 3.59. The van der Waals surface area contributed by atoms with Crippen LogP contribution in [0.25, 0.3) is 43.6 Å². The van der Waals surface area contributed by atoms with E-state index in [1.54, 1.807) is 56.2 Å². The Bertz CT molecular complexity index is 4870. The van der Waals surface area contributed by atoms with E-state index in [0.717, 1.165) is 143 Å². The third-order valence-corrected chi connectivity index (χ3v) is 19.6. The van der Waals surface area contributed by atoms with Gasteiger partial charge < -0.3 is 46.2 Å². The molecule has 8 aromatic carbocycles. The van der Waals surface area contributed by atoms with Gasteiger partial charge in [-0.25, -0.2) is 0 Å². The molecule has 0 aliphatic heterocycles. The number of phenolic OH excluding ortho intramolecular Hbond substituents is 3. The van der Waals surface area contributed by atoms with Crippen LogP contribution in [0.3, 0.4) is 0 Å². The minimum Gasteiger partial charge on any atom is -0.508 e. The van der Waals surface area contributed by atoms with Crippen molar-refractivity contribution in [2.24, 2.45) is 0 Å². The summed E-state index contributed by atoms with van der Waals surface area (Å²) in [5.41, 5.74) is 16.4. The van der Waals surface area contributed by atoms with Gasteiger partial charge >= 0.3 is 0 Å². The number of nitrogens with one attached hydrogen (secondary N) is 4. The Morgan fingerprint density at radius 3 is 1.46 bits per heavy atom. The number of aromatic hydroxyl groups is 3. The number of hydrogen-bond donors (Lipinski definition) is 7. The van der Waals surface area contributed by atoms with Gasteiger partial charge in [0.25, 0.3) is 0 Å². The number of ether oxygens (including phenoxy) is 1. The summed E-state index contributed by atoms with van der Waals surface area (Å²) in [6.07, 6.45) is 11.9. The minimum atomic E-state index is 0. The van der Waals surface area contributed by atoms with Gasteiger partial charge in [-0.1, -0.05) is 79.7 Å². The lowest BCUT2D eigenvalue weighted by atomic mass is 9.92. The van der Waals surface area contributed by atoms with Crippen LogP contribution < -0.4 is 26.0 Å². The molecule has 1 fully saturated rings. The standard InChI is InChI=1S/C26H32ClN3O.C22H24Cl3N3O.C19H18ClN3O.C15H11ClN2O.ClH/c1-4-30(5-2)16-19-14-21(11-13-24(19)31)29-26-22-12-10-20(27)15-23(22)28-17(3)25(26)18-8-6-7-9-18;1-15(13-24)28(10-8-23)14-16-11-18(4-6-22(16)29-2)27-20-7-9-26-21-12-17(25)3-5-19(20)21;1-3-23(2)12-13-10-15(5-7-19(13)24)22-17-8-9-21-18-11-14(20)4-6-16(17)18;16-10-1-6-13-14(7-8-17-15(13)9-10)18-11-2-4-12(19)5-3-11;/h10-15,18,31H,4-9,16H2,1-3H3,(H,28,29);3-7,9,11-12,15H,8,10,13-14H2,1-2H3,(H,26,27);3-11,24H,1,12H2,2H3,(H,21,22);1-9,19H,(H,17,18);1H. The average molecular weight is 1540 g/mol. The van der Waals surface area contributed by atoms with Crippen LogP contribution >= 0.6 is 82.0 Å². The Hall–Kier alpha value is -8.71. The summed E-state index contributed by atoms with van der Waals surface area (Å²) in [5.74, 6) is 3.31. The molecule has 13 rings (SSSR count). The number of alkyl halides is 2. The SMILES string of the molecule is C=CN(C)Cc1cc(Nc2ccnc3cc(Cl)ccc23)ccc1O.CCN(CC)Cc1cc(Nc2c(C3CCCC3)c(C)nc3cc(Cl)ccc23)ccc1O.COc1ccc(Nc2ccnc3cc(Cl)ccc23)cc1CN(CCCl)C(C)CCl.Cl.Oc1ccc(Nc2ccnc3cc(Cl)ccc23)cc1. The fraction of sp³-hybridized carbons (Fsp3) is 0.244. The molecule has 0 saturated heterocycles. The average Bonchev–Trinajstić information content (AvgIpc) is 1.31. The molecule has 0 amide bonds. The van der Waals surface area contributed by atoms with Crippen LogP contribution in [0.4, 0.5) is 45.5 Å². The van der Waals surface area contributed by atoms with Crippen LogP contribution in [-0.4, -0.2) is 102 Å². The van der Waals surface area contributed by atoms with Crippen LogP contribution in [0.2, 0.25) is 20.1 Å². The Kier molecular flexibility index (Phi) is 29.3. The molecule has 1 unspecified atom stereocenters. The first-order valence-corrected chi connectivity index (χ1v) is 36.7. The second-order valence-electron chi connectivity index (χ2n) is 25.2. The van der Waals surface area contributed by atoms with E-state index in [4.69, 9.17) is 79.3 Å². The van der Waals surface area contributed by atoms with Gasteiger partial charge in [-0.3, -0.25) is 29.7 Å². The van der Waals surface area contributed by atoms with Gasteiger partial charge in [-0.2, -0.15) is 0 Å². The fourth-order valence-electron chi connectivity index (χ4n) is 12.5. The van der Waals surface area contributed by atoms with Crippen molar-refractivity contribution in [3.8, 4) is 23.0 Å². The summed E-state index contributed by atoms with van der Waals surface area (Å²) in [5, 5.41) is 50.4. The molecule has 7 N–H and O–H groups in total. The summed E-state index contributed by atoms with van der Waals surface area (Å²) < 4.78 is 5.58. The Balaban J connectivity index is 0.000000163. The number of rotatable bonds is 23. The lowest BCUT2D eigenvalue weighted by Gasteiger charge is -2.28. The van der Waals surface area contributed by atoms with Crippen molar-refractivity contribution in [3.63, 3.8) is 0 Å². The molecule has 4 aromatic heterocycles. The molecule has 0 spiro atoms. The van der Waals surface area contributed by atoms with Crippen molar-refractivity contribution in [1.29, 1.82) is 0 Å². The summed E-state index contributed by atoms with van der Waals surface area (Å²) in [6.45, 7) is 16.9. The van der Waals surface area contributed by atoms with Gasteiger partial charge in [0.1, 0.15) is 23.0 Å². The van der Waals surface area contributed by atoms with Crippen LogP contribution in [-0.2, 0) is 19.6 Å². The predicted molar refractivity (Wildman–Crippen MR) is 440 cm³/mol. The number of halogens is 7. The van der Waals surface area contributed by atoms with Gasteiger partial charge in [0.2, 0.25) is 0 Å². The molecule has 1 saturated carbocycles. The van der Waals surface area contributed by atoms with Crippen molar-refractivity contribution in [1.82, 2.24) is 34.6 Å². The molecule has 4 heterocycles. The highest BCUT2D eigenvalue weighted by molar-refractivity contribution is 6.32. The lowest BCUT2D eigenvalue weighted by molar-refractivity contribution is 0.225. The van der Waals surface area contributed by atoms with E-state index in [0.29, 0.717) is 56.6 Å². The van der Waals surface area contributed by atoms with Crippen molar-refractivity contribution >= 4 is 171 Å². The molecule has 0 radical (unpaired) electrons. The topological polar surface area (TPSA) is 179 Å². The Morgan fingerprint density at radius 2 is 0.990 bits per heavy atom. The summed E-state index contributed by atoms with van der Waals surface area (Å²) in [6, 6.07) is 53.2. The maximum atomic E-state index is 10.4. The zero-order valence-corrected chi connectivity index (χ0v) is 64.2. The van der Waals surface area contributed by atoms with Gasteiger partial charge in [0, 0.05) is 179 Å². The van der Waals surface area contributed by atoms with Crippen molar-refractivity contribution < 1.29 is 20.1 Å². The van der Waals surface area contributed by atoms with E-state index in [1.165, 1.54) is 31.2 Å². The highest BCUT2D eigenvalue weighted by Gasteiger charge is 2.25. The summed E-state index contributed by atoms with van der Waals surface area (Å²) in [4.78, 5) is 24.4. The van der Waals surface area contributed by atoms with Crippen LogP contribution in [0.1, 0.15) is 80.3 Å². The highest BCUT2D eigenvalue weighted by Crippen LogP contribution is 2.44. The molecular weight excluding hydrogens is 1450 g/mol. The van der Waals surface area contributed by atoms with Gasteiger partial charge in [0.15, 0.2) is 0 Å². The number of hydrogen-bond acceptors (Lipinski definition) is 15. The number of pyridine rings is 4. The van der Waals surface area contributed by atoms with Crippen molar-refractivity contribution in [2.75, 3.05) is 66.8 Å². The summed E-state index contributed by atoms with van der Waals surface area (Å²) >= 11 is 36.4. The van der Waals surface area contributed by atoms with E-state index in [2.05, 4.69) is 98.5 Å². The predicted octanol–water partition coefficient (Wildman–Crippen LogP) is 23.1. The van der Waals surface area contributed by atoms with Crippen LogP contribution in [0.15, 0.2) is 201 Å². The number of aromatic nitrogens is 4. The Labute approximate surface area is 645 Å². The number of nitrogens with zero attached hydrogens (tertiary/aromatic N) is 7. The molecule has 1 atom stereocenters. The number of fused-ring (bicyclic) bond motifs is 4. The van der Waals surface area contributed by atoms with Gasteiger partial charge in [0.05, 0.1) is 34.9 Å². The molecular formula is C82H86Cl7N11O4. The minimum absolute atomic E-state index is 0. The Morgan fingerprint density at radius 1 is 0.548 bits per heavy atom. The van der Waals surface area contributed by atoms with E-state index >= 15 is 0 Å². The zero-order chi connectivity index (χ0) is 73.1. The molecule has 1 aliphatic carbocycles. The molecule has 12 aromatic rings. The molecule has 104 heavy (non-hydrogen) atoms. The fourth-order valence-corrected chi connectivity index (χ4v) is 13.6. The van der Waals surface area contributed by atoms with Crippen molar-refractivity contribution in [2.45, 2.75) is 85.0 Å². The third-order valence-electron chi connectivity index (χ3n) is 18.1. The molecule has 542 valence electrons. The second kappa shape index (κ2) is 38.3. The number of aryl methyl sites for hydroxylation is 1. The largest absolute Gasteiger partial charge is 0.508 e. The first-order chi connectivity index (χ1) is 49.8. The lowest BCUT2D eigenvalue weighted by Crippen LogP contribution is -2.35. The monoisotopic (exact) mass is 1530 g/mol. The van der Waals surface area contributed by atoms with Gasteiger partial charge in [-0.05, 0) is 222 Å². The number of benzene rings is 8. The number of phenols is 3. The molecule has 15 nitrogen and oxygen atoms in total.